The van der Waals surface area contributed by atoms with Crippen LogP contribution in [0.1, 0.15) is 73.7 Å². The molecule has 0 aliphatic heterocycles. The van der Waals surface area contributed by atoms with E-state index in [4.69, 9.17) is 21.1 Å². The first-order valence-corrected chi connectivity index (χ1v) is 11.9. The van der Waals surface area contributed by atoms with Gasteiger partial charge in [0.15, 0.2) is 17.3 Å². The summed E-state index contributed by atoms with van der Waals surface area (Å²) >= 11 is 6.81. The molecule has 2 atom stereocenters. The van der Waals surface area contributed by atoms with Crippen molar-refractivity contribution in [1.82, 2.24) is 0 Å². The fourth-order valence-electron chi connectivity index (χ4n) is 7.79. The molecule has 0 N–H and O–H groups in total. The van der Waals surface area contributed by atoms with Crippen molar-refractivity contribution in [3.8, 4) is 5.75 Å². The van der Waals surface area contributed by atoms with E-state index in [9.17, 15) is 9.59 Å². The van der Waals surface area contributed by atoms with E-state index in [-0.39, 0.29) is 22.5 Å². The van der Waals surface area contributed by atoms with Crippen molar-refractivity contribution in [1.29, 1.82) is 0 Å². The third-order valence-electron chi connectivity index (χ3n) is 8.57. The van der Waals surface area contributed by atoms with Gasteiger partial charge in [0, 0.05) is 21.9 Å². The van der Waals surface area contributed by atoms with Gasteiger partial charge in [-0.05, 0) is 75.2 Å². The van der Waals surface area contributed by atoms with Crippen LogP contribution in [0.15, 0.2) is 6.07 Å². The van der Waals surface area contributed by atoms with Crippen LogP contribution in [0.5, 0.6) is 5.75 Å². The minimum atomic E-state index is -0.627. The van der Waals surface area contributed by atoms with Crippen LogP contribution in [0.4, 0.5) is 4.39 Å². The minimum absolute atomic E-state index is 0.0591. The van der Waals surface area contributed by atoms with E-state index >= 15 is 4.39 Å². The Labute approximate surface area is 187 Å². The van der Waals surface area contributed by atoms with E-state index in [0.717, 1.165) is 31.2 Å². The Kier molecular flexibility index (Phi) is 5.31. The normalized spacial score (nSPS) is 35.9. The third-order valence-corrected chi connectivity index (χ3v) is 8.87. The summed E-state index contributed by atoms with van der Waals surface area (Å²) in [4.78, 5) is 25.4. The Morgan fingerprint density at radius 2 is 1.61 bits per heavy atom. The Morgan fingerprint density at radius 3 is 2.16 bits per heavy atom. The lowest BCUT2D eigenvalue weighted by Crippen LogP contribution is -2.49. The largest absolute Gasteiger partial charge is 0.493 e. The molecule has 6 rings (SSSR count). The first kappa shape index (κ1) is 21.2. The number of Topliss-reactive ketones (excluding diaryl/α,β-unsaturated/α-hetero) is 1. The van der Waals surface area contributed by atoms with Gasteiger partial charge in [-0.3, -0.25) is 9.59 Å². The number of ketones is 1. The third kappa shape index (κ3) is 3.30. The average molecular weight is 449 g/mol. The second-order valence-electron chi connectivity index (χ2n) is 10.4. The van der Waals surface area contributed by atoms with Crippen LogP contribution in [-0.4, -0.2) is 26.0 Å². The van der Waals surface area contributed by atoms with Crippen LogP contribution < -0.4 is 4.74 Å². The summed E-state index contributed by atoms with van der Waals surface area (Å²) in [5, 5.41) is 0.427. The quantitative estimate of drug-likeness (QED) is 0.426. The number of hydrogen-bond acceptors (Lipinski definition) is 4. The summed E-state index contributed by atoms with van der Waals surface area (Å²) in [6.45, 7) is 0. The average Bonchev–Trinajstić information content (AvgIpc) is 3.22. The molecule has 5 fully saturated rings. The van der Waals surface area contributed by atoms with E-state index in [1.54, 1.807) is 0 Å². The molecule has 5 aliphatic rings. The Bertz CT molecular complexity index is 891. The van der Waals surface area contributed by atoms with Crippen LogP contribution in [0, 0.1) is 35.4 Å². The van der Waals surface area contributed by atoms with Crippen molar-refractivity contribution in [3.05, 3.63) is 28.0 Å². The van der Waals surface area contributed by atoms with Gasteiger partial charge in [-0.25, -0.2) is 4.39 Å². The second kappa shape index (κ2) is 7.75. The lowest BCUT2D eigenvalue weighted by Gasteiger charge is -2.57. The van der Waals surface area contributed by atoms with Gasteiger partial charge in [0.05, 0.1) is 25.7 Å². The standard InChI is InChI=1S/C25H30ClFO4/c1-30-23-20(25-10-13-6-14(11-25)8-15(7-13)12-25)19(26)9-18(21(23)27)22(28)16-4-3-5-17(16)24(29)31-2/h9,13-17H,3-8,10-12H2,1-2H3. The maximum atomic E-state index is 15.8. The highest BCUT2D eigenvalue weighted by Gasteiger charge is 2.54. The smallest absolute Gasteiger partial charge is 0.309 e. The van der Waals surface area contributed by atoms with Gasteiger partial charge < -0.3 is 9.47 Å². The van der Waals surface area contributed by atoms with E-state index in [1.807, 2.05) is 0 Å². The highest BCUT2D eigenvalue weighted by atomic mass is 35.5. The van der Waals surface area contributed by atoms with Crippen molar-refractivity contribution >= 4 is 23.4 Å². The Hall–Kier alpha value is -1.62. The number of methoxy groups -OCH3 is 2. The Morgan fingerprint density at radius 1 is 1.03 bits per heavy atom. The van der Waals surface area contributed by atoms with Gasteiger partial charge in [-0.1, -0.05) is 18.0 Å². The fraction of sp³-hybridized carbons (Fsp3) is 0.680. The molecule has 5 saturated carbocycles. The minimum Gasteiger partial charge on any atom is -0.493 e. The summed E-state index contributed by atoms with van der Waals surface area (Å²) in [7, 11) is 2.78. The fourth-order valence-corrected chi connectivity index (χ4v) is 8.19. The zero-order valence-corrected chi connectivity index (χ0v) is 19.0. The topological polar surface area (TPSA) is 52.6 Å². The number of esters is 1. The van der Waals surface area contributed by atoms with E-state index in [1.165, 1.54) is 39.5 Å². The molecule has 1 aromatic rings. The number of carbonyl (C=O) groups is 2. The van der Waals surface area contributed by atoms with Crippen molar-refractivity contribution in [2.75, 3.05) is 14.2 Å². The molecule has 6 heteroatoms. The molecule has 31 heavy (non-hydrogen) atoms. The molecule has 0 spiro atoms. The molecule has 2 unspecified atom stereocenters. The van der Waals surface area contributed by atoms with Crippen molar-refractivity contribution < 1.29 is 23.5 Å². The molecule has 0 heterocycles. The van der Waals surface area contributed by atoms with Gasteiger partial charge in [0.1, 0.15) is 0 Å². The van der Waals surface area contributed by atoms with Crippen LogP contribution >= 0.6 is 11.6 Å². The summed E-state index contributed by atoms with van der Waals surface area (Å²) in [5.74, 6) is -0.342. The van der Waals surface area contributed by atoms with Crippen LogP contribution in [0.2, 0.25) is 5.02 Å². The molecule has 0 amide bonds. The van der Waals surface area contributed by atoms with Gasteiger partial charge >= 0.3 is 5.97 Å². The SMILES string of the molecule is COC(=O)C1CCCC1C(=O)c1cc(Cl)c(C23CC4CC(CC(C4)C2)C3)c(OC)c1F. The van der Waals surface area contributed by atoms with Crippen LogP contribution in [0.3, 0.4) is 0 Å². The molecule has 4 nitrogen and oxygen atoms in total. The van der Waals surface area contributed by atoms with E-state index in [0.29, 0.717) is 35.6 Å². The number of hydrogen-bond donors (Lipinski definition) is 0. The van der Waals surface area contributed by atoms with Gasteiger partial charge in [0.25, 0.3) is 0 Å². The summed E-state index contributed by atoms with van der Waals surface area (Å²) in [6, 6.07) is 1.50. The number of ether oxygens (including phenoxy) is 2. The monoisotopic (exact) mass is 448 g/mol. The molecule has 5 aliphatic carbocycles. The molecule has 0 saturated heterocycles. The van der Waals surface area contributed by atoms with Gasteiger partial charge in [-0.15, -0.1) is 0 Å². The van der Waals surface area contributed by atoms with Crippen molar-refractivity contribution in [2.24, 2.45) is 29.6 Å². The number of benzene rings is 1. The first-order valence-electron chi connectivity index (χ1n) is 11.6. The predicted octanol–water partition coefficient (Wildman–Crippen LogP) is 5.73. The zero-order valence-electron chi connectivity index (χ0n) is 18.2. The van der Waals surface area contributed by atoms with Gasteiger partial charge in [-0.2, -0.15) is 0 Å². The molecule has 0 radical (unpaired) electrons. The molecule has 168 valence electrons. The Balaban J connectivity index is 1.55. The van der Waals surface area contributed by atoms with Crippen LogP contribution in [0.25, 0.3) is 0 Å². The summed E-state index contributed by atoms with van der Waals surface area (Å²) in [6.07, 6.45) is 8.76. The van der Waals surface area contributed by atoms with Crippen LogP contribution in [-0.2, 0) is 14.9 Å². The number of rotatable bonds is 5. The molecule has 4 bridgehead atoms. The zero-order chi connectivity index (χ0) is 21.9. The molecule has 1 aromatic carbocycles. The highest BCUT2D eigenvalue weighted by molar-refractivity contribution is 6.32. The maximum Gasteiger partial charge on any atom is 0.309 e. The molecular weight excluding hydrogens is 419 g/mol. The second-order valence-corrected chi connectivity index (χ2v) is 10.8. The predicted molar refractivity (Wildman–Crippen MR) is 115 cm³/mol. The molecular formula is C25H30ClFO4. The maximum absolute atomic E-state index is 15.8. The number of halogens is 2. The first-order chi connectivity index (χ1) is 14.9. The summed E-state index contributed by atoms with van der Waals surface area (Å²) < 4.78 is 26.3. The van der Waals surface area contributed by atoms with E-state index in [2.05, 4.69) is 0 Å². The molecule has 0 aromatic heterocycles. The lowest BCUT2D eigenvalue weighted by molar-refractivity contribution is -0.146. The van der Waals surface area contributed by atoms with Crippen molar-refractivity contribution in [2.45, 2.75) is 63.2 Å². The highest BCUT2D eigenvalue weighted by Crippen LogP contribution is 2.63. The van der Waals surface area contributed by atoms with E-state index < -0.39 is 23.6 Å². The van der Waals surface area contributed by atoms with Gasteiger partial charge in [0.2, 0.25) is 0 Å². The summed E-state index contributed by atoms with van der Waals surface area (Å²) in [5.41, 5.74) is 0.554. The number of carbonyl (C=O) groups excluding carboxylic acids is 2. The van der Waals surface area contributed by atoms with Crippen molar-refractivity contribution in [3.63, 3.8) is 0 Å². The lowest BCUT2D eigenvalue weighted by atomic mass is 9.48.